The number of hydrogen-bond acceptors (Lipinski definition) is 4. The number of aromatic nitrogens is 1. The quantitative estimate of drug-likeness (QED) is 0.647. The van der Waals surface area contributed by atoms with Gasteiger partial charge in [-0.15, -0.1) is 0 Å². The number of nitrogens with zero attached hydrogens (tertiary/aromatic N) is 2. The zero-order chi connectivity index (χ0) is 21.4. The van der Waals surface area contributed by atoms with Gasteiger partial charge in [0.05, 0.1) is 21.0 Å². The van der Waals surface area contributed by atoms with Crippen molar-refractivity contribution in [3.8, 4) is 28.3 Å². The SMILES string of the molecule is N#Cc1ccc(-c2cncc(-c3cc(C(F)(F)F)ccc3S(N)(=O)=O)c2)cc1Cl. The molecule has 2 aromatic carbocycles. The fourth-order valence-corrected chi connectivity index (χ4v) is 3.67. The molecule has 5 nitrogen and oxygen atoms in total. The van der Waals surface area contributed by atoms with Gasteiger partial charge in [0.25, 0.3) is 0 Å². The van der Waals surface area contributed by atoms with Gasteiger partial charge in [0.1, 0.15) is 6.07 Å². The van der Waals surface area contributed by atoms with E-state index in [1.54, 1.807) is 6.07 Å². The molecule has 1 aromatic heterocycles. The number of pyridine rings is 1. The lowest BCUT2D eigenvalue weighted by atomic mass is 10.00. The van der Waals surface area contributed by atoms with Crippen molar-refractivity contribution in [1.29, 1.82) is 5.26 Å². The first-order valence-corrected chi connectivity index (χ1v) is 9.82. The number of halogens is 4. The summed E-state index contributed by atoms with van der Waals surface area (Å²) in [5, 5.41) is 14.3. The molecule has 0 fully saturated rings. The van der Waals surface area contributed by atoms with Crippen LogP contribution in [-0.2, 0) is 16.2 Å². The van der Waals surface area contributed by atoms with Crippen molar-refractivity contribution in [2.75, 3.05) is 0 Å². The monoisotopic (exact) mass is 437 g/mol. The Balaban J connectivity index is 2.20. The van der Waals surface area contributed by atoms with E-state index in [4.69, 9.17) is 22.0 Å². The molecule has 0 amide bonds. The van der Waals surface area contributed by atoms with Crippen LogP contribution in [0.4, 0.5) is 13.2 Å². The summed E-state index contributed by atoms with van der Waals surface area (Å²) in [6.45, 7) is 0. The highest BCUT2D eigenvalue weighted by Gasteiger charge is 2.32. The first-order chi connectivity index (χ1) is 13.5. The Hall–Kier alpha value is -2.93. The molecule has 0 aliphatic heterocycles. The third-order valence-corrected chi connectivity index (χ3v) is 5.37. The van der Waals surface area contributed by atoms with E-state index in [9.17, 15) is 21.6 Å². The Morgan fingerprint density at radius 3 is 2.28 bits per heavy atom. The number of nitriles is 1. The molecule has 0 radical (unpaired) electrons. The van der Waals surface area contributed by atoms with Crippen LogP contribution >= 0.6 is 11.6 Å². The van der Waals surface area contributed by atoms with Crippen LogP contribution in [0, 0.1) is 11.3 Å². The first-order valence-electron chi connectivity index (χ1n) is 7.90. The molecular weight excluding hydrogens is 427 g/mol. The summed E-state index contributed by atoms with van der Waals surface area (Å²) in [5.74, 6) is 0. The van der Waals surface area contributed by atoms with Crippen molar-refractivity contribution < 1.29 is 21.6 Å². The van der Waals surface area contributed by atoms with Gasteiger partial charge >= 0.3 is 6.18 Å². The Bertz CT molecular complexity index is 1250. The minimum absolute atomic E-state index is 0.123. The van der Waals surface area contributed by atoms with Gasteiger partial charge in [-0.3, -0.25) is 4.98 Å². The van der Waals surface area contributed by atoms with Crippen LogP contribution in [0.1, 0.15) is 11.1 Å². The molecule has 3 aromatic rings. The van der Waals surface area contributed by atoms with Gasteiger partial charge in [-0.25, -0.2) is 13.6 Å². The van der Waals surface area contributed by atoms with Crippen molar-refractivity contribution in [1.82, 2.24) is 4.98 Å². The highest BCUT2D eigenvalue weighted by atomic mass is 35.5. The van der Waals surface area contributed by atoms with Crippen LogP contribution in [-0.4, -0.2) is 13.4 Å². The number of rotatable bonds is 3. The topological polar surface area (TPSA) is 96.8 Å². The molecule has 3 rings (SSSR count). The minimum Gasteiger partial charge on any atom is -0.263 e. The van der Waals surface area contributed by atoms with E-state index < -0.39 is 26.7 Å². The van der Waals surface area contributed by atoms with Crippen LogP contribution in [0.3, 0.4) is 0 Å². The number of sulfonamides is 1. The van der Waals surface area contributed by atoms with Gasteiger partial charge in [0, 0.05) is 29.1 Å². The summed E-state index contributed by atoms with van der Waals surface area (Å²) in [7, 11) is -4.29. The molecule has 0 unspecified atom stereocenters. The number of alkyl halides is 3. The Labute approximate surface area is 169 Å². The maximum atomic E-state index is 13.1. The number of benzene rings is 2. The lowest BCUT2D eigenvalue weighted by Crippen LogP contribution is -2.15. The summed E-state index contributed by atoms with van der Waals surface area (Å²) in [5.41, 5.74) is 0.148. The van der Waals surface area contributed by atoms with Crippen molar-refractivity contribution in [2.45, 2.75) is 11.1 Å². The second-order valence-electron chi connectivity index (χ2n) is 6.02. The van der Waals surface area contributed by atoms with Gasteiger partial charge in [-0.05, 0) is 42.0 Å². The second kappa shape index (κ2) is 7.48. The van der Waals surface area contributed by atoms with E-state index in [1.165, 1.54) is 30.6 Å². The molecule has 29 heavy (non-hydrogen) atoms. The Morgan fingerprint density at radius 1 is 1.00 bits per heavy atom. The largest absolute Gasteiger partial charge is 0.416 e. The molecule has 0 spiro atoms. The maximum Gasteiger partial charge on any atom is 0.416 e. The highest BCUT2D eigenvalue weighted by Crippen LogP contribution is 2.36. The number of primary sulfonamides is 1. The summed E-state index contributed by atoms with van der Waals surface area (Å²) < 4.78 is 63.2. The lowest BCUT2D eigenvalue weighted by molar-refractivity contribution is -0.137. The fourth-order valence-electron chi connectivity index (χ4n) is 2.71. The van der Waals surface area contributed by atoms with Gasteiger partial charge in [-0.2, -0.15) is 18.4 Å². The van der Waals surface area contributed by atoms with Crippen molar-refractivity contribution in [3.63, 3.8) is 0 Å². The predicted molar refractivity (Wildman–Crippen MR) is 101 cm³/mol. The van der Waals surface area contributed by atoms with Gasteiger partial charge in [0.2, 0.25) is 10.0 Å². The number of nitrogens with two attached hydrogens (primary N) is 1. The average molecular weight is 438 g/mol. The Morgan fingerprint density at radius 2 is 1.69 bits per heavy atom. The van der Waals surface area contributed by atoms with Gasteiger partial charge < -0.3 is 0 Å². The van der Waals surface area contributed by atoms with Gasteiger partial charge in [0.15, 0.2) is 0 Å². The maximum absolute atomic E-state index is 13.1. The lowest BCUT2D eigenvalue weighted by Gasteiger charge is -2.13. The van der Waals surface area contributed by atoms with E-state index >= 15 is 0 Å². The molecular formula is C19H11ClF3N3O2S. The molecule has 0 atom stereocenters. The molecule has 0 saturated heterocycles. The zero-order valence-electron chi connectivity index (χ0n) is 14.4. The summed E-state index contributed by atoms with van der Waals surface area (Å²) >= 11 is 6.03. The zero-order valence-corrected chi connectivity index (χ0v) is 16.0. The van der Waals surface area contributed by atoms with E-state index in [2.05, 4.69) is 4.98 Å². The molecule has 148 valence electrons. The van der Waals surface area contributed by atoms with E-state index in [0.29, 0.717) is 23.3 Å². The average Bonchev–Trinajstić information content (AvgIpc) is 2.66. The van der Waals surface area contributed by atoms with E-state index in [-0.39, 0.29) is 21.7 Å². The normalized spacial score (nSPS) is 11.9. The second-order valence-corrected chi connectivity index (χ2v) is 7.96. The van der Waals surface area contributed by atoms with E-state index in [1.807, 2.05) is 6.07 Å². The molecule has 2 N–H and O–H groups in total. The minimum atomic E-state index is -4.67. The molecule has 0 aliphatic carbocycles. The van der Waals surface area contributed by atoms with Crippen LogP contribution in [0.25, 0.3) is 22.3 Å². The number of hydrogen-bond donors (Lipinski definition) is 1. The van der Waals surface area contributed by atoms with Crippen molar-refractivity contribution in [2.24, 2.45) is 5.14 Å². The van der Waals surface area contributed by atoms with Crippen LogP contribution in [0.15, 0.2) is 59.8 Å². The van der Waals surface area contributed by atoms with Crippen LogP contribution in [0.5, 0.6) is 0 Å². The summed E-state index contributed by atoms with van der Waals surface area (Å²) in [6.07, 6.45) is -2.00. The van der Waals surface area contributed by atoms with Crippen LogP contribution in [0.2, 0.25) is 5.02 Å². The third-order valence-electron chi connectivity index (χ3n) is 4.09. The van der Waals surface area contributed by atoms with Gasteiger partial charge in [-0.1, -0.05) is 17.7 Å². The van der Waals surface area contributed by atoms with Crippen LogP contribution < -0.4 is 5.14 Å². The third kappa shape index (κ3) is 4.40. The van der Waals surface area contributed by atoms with Crippen molar-refractivity contribution in [3.05, 3.63) is 71.0 Å². The fraction of sp³-hybridized carbons (Fsp3) is 0.0526. The van der Waals surface area contributed by atoms with Crippen molar-refractivity contribution >= 4 is 21.6 Å². The molecule has 0 saturated carbocycles. The smallest absolute Gasteiger partial charge is 0.263 e. The molecule has 0 bridgehead atoms. The first kappa shape index (κ1) is 20.8. The molecule has 10 heteroatoms. The Kier molecular flexibility index (Phi) is 5.36. The summed E-state index contributed by atoms with van der Waals surface area (Å²) in [4.78, 5) is 3.54. The molecule has 0 aliphatic rings. The van der Waals surface area contributed by atoms with E-state index in [0.717, 1.165) is 6.07 Å². The molecule has 1 heterocycles. The standard InChI is InChI=1S/C19H11ClF3N3O2S/c20-17-6-11(1-2-12(17)8-24)13-5-14(10-26-9-13)16-7-15(19(21,22)23)3-4-18(16)29(25,27)28/h1-7,9-10H,(H2,25,27,28). The predicted octanol–water partition coefficient (Wildman–Crippen LogP) is 4.61. The highest BCUT2D eigenvalue weighted by molar-refractivity contribution is 7.89. The summed E-state index contributed by atoms with van der Waals surface area (Å²) in [6, 6.07) is 10.2.